The number of nitrogens with one attached hydrogen (secondary N) is 2. The van der Waals surface area contributed by atoms with Gasteiger partial charge >= 0.3 is 12.1 Å². The molecule has 1 aromatic carbocycles. The van der Waals surface area contributed by atoms with Crippen LogP contribution in [0.25, 0.3) is 6.08 Å². The Bertz CT molecular complexity index is 1050. The van der Waals surface area contributed by atoms with Crippen molar-refractivity contribution in [3.05, 3.63) is 54.6 Å². The molecule has 0 aromatic heterocycles. The Kier molecular flexibility index (Phi) is 13.4. The minimum atomic E-state index is -1.23. The lowest BCUT2D eigenvalue weighted by Gasteiger charge is -2.34. The molecule has 0 spiro atoms. The first-order chi connectivity index (χ1) is 18.3. The van der Waals surface area contributed by atoms with Crippen LogP contribution in [-0.2, 0) is 28.7 Å². The van der Waals surface area contributed by atoms with E-state index < -0.39 is 47.5 Å². The third-order valence-electron chi connectivity index (χ3n) is 5.23. The highest BCUT2D eigenvalue weighted by Gasteiger charge is 2.36. The van der Waals surface area contributed by atoms with Gasteiger partial charge in [0, 0.05) is 19.5 Å². The fraction of sp³-hybridized carbons (Fsp3) is 0.464. The second kappa shape index (κ2) is 16.0. The number of nitrogens with two attached hydrogens (primary N) is 1. The van der Waals surface area contributed by atoms with Crippen LogP contribution in [0.4, 0.5) is 4.79 Å². The van der Waals surface area contributed by atoms with Gasteiger partial charge in [-0.3, -0.25) is 19.2 Å². The van der Waals surface area contributed by atoms with Gasteiger partial charge in [-0.1, -0.05) is 36.9 Å². The van der Waals surface area contributed by atoms with Crippen molar-refractivity contribution < 1.29 is 33.4 Å². The summed E-state index contributed by atoms with van der Waals surface area (Å²) in [5, 5.41) is 5.19. The van der Waals surface area contributed by atoms with Crippen LogP contribution in [0.3, 0.4) is 0 Å². The largest absolute Gasteiger partial charge is 0.466 e. The number of alkyl carbamates (subject to hydrolysis) is 1. The number of esters is 1. The van der Waals surface area contributed by atoms with Crippen LogP contribution in [0.15, 0.2) is 43.5 Å². The van der Waals surface area contributed by atoms with Crippen LogP contribution in [0.2, 0.25) is 0 Å². The van der Waals surface area contributed by atoms with E-state index in [0.717, 1.165) is 0 Å². The summed E-state index contributed by atoms with van der Waals surface area (Å²) >= 11 is 0. The lowest BCUT2D eigenvalue weighted by atomic mass is 9.99. The summed E-state index contributed by atoms with van der Waals surface area (Å²) in [5.41, 5.74) is 5.63. The second-order valence-electron chi connectivity index (χ2n) is 9.61. The van der Waals surface area contributed by atoms with E-state index in [1.54, 1.807) is 58.0 Å². The summed E-state index contributed by atoms with van der Waals surface area (Å²) < 4.78 is 10.2. The van der Waals surface area contributed by atoms with E-state index in [-0.39, 0.29) is 39.0 Å². The van der Waals surface area contributed by atoms with Gasteiger partial charge in [-0.15, -0.1) is 6.58 Å². The van der Waals surface area contributed by atoms with Crippen molar-refractivity contribution in [3.63, 3.8) is 0 Å². The summed E-state index contributed by atoms with van der Waals surface area (Å²) in [6.45, 7) is 14.3. The predicted octanol–water partition coefficient (Wildman–Crippen LogP) is 2.61. The molecule has 0 aliphatic carbocycles. The molecule has 0 heterocycles. The molecule has 2 atom stereocenters. The number of benzene rings is 1. The zero-order valence-electron chi connectivity index (χ0n) is 23.2. The number of hydrogen-bond donors (Lipinski definition) is 3. The van der Waals surface area contributed by atoms with Crippen molar-refractivity contribution in [3.8, 4) is 0 Å². The Labute approximate surface area is 229 Å². The fourth-order valence-electron chi connectivity index (χ4n) is 3.60. The Morgan fingerprint density at radius 3 is 2.38 bits per heavy atom. The molecule has 0 fully saturated rings. The maximum Gasteiger partial charge on any atom is 0.408 e. The summed E-state index contributed by atoms with van der Waals surface area (Å²) in [4.78, 5) is 64.4. The number of amides is 4. The molecule has 0 radical (unpaired) electrons. The number of rotatable bonds is 15. The molecule has 1 rings (SSSR count). The van der Waals surface area contributed by atoms with Gasteiger partial charge < -0.3 is 30.7 Å². The van der Waals surface area contributed by atoms with Gasteiger partial charge in [-0.05, 0) is 51.3 Å². The molecule has 0 aliphatic rings. The molecule has 0 aliphatic heterocycles. The van der Waals surface area contributed by atoms with E-state index in [0.29, 0.717) is 11.1 Å². The van der Waals surface area contributed by atoms with E-state index >= 15 is 0 Å². The average Bonchev–Trinajstić information content (AvgIpc) is 2.85. The third kappa shape index (κ3) is 11.8. The zero-order valence-corrected chi connectivity index (χ0v) is 23.2. The molecule has 2 unspecified atom stereocenters. The van der Waals surface area contributed by atoms with Gasteiger partial charge in [0.05, 0.1) is 13.0 Å². The SMILES string of the molecule is C=CCN(C(=O)C(CCC(N)=O)NC(=O)OC(C)(C)C)C(C(=O)NCCC(=O)OCC)c1cccc(C=C)c1. The van der Waals surface area contributed by atoms with E-state index in [2.05, 4.69) is 23.8 Å². The van der Waals surface area contributed by atoms with E-state index in [1.165, 1.54) is 11.0 Å². The minimum Gasteiger partial charge on any atom is -0.466 e. The lowest BCUT2D eigenvalue weighted by molar-refractivity contribution is -0.144. The standard InChI is InChI=1S/C28H40N4O7/c1-7-17-32(26(36)21(13-14-22(29)33)31-27(37)39-28(4,5)6)24(20-12-10-11-19(8-2)18-20)25(35)30-16-15-23(34)38-9-3/h7-8,10-12,18,21,24H,1-2,9,13-17H2,3-6H3,(H2,29,33)(H,30,35)(H,31,37). The summed E-state index contributed by atoms with van der Waals surface area (Å²) in [6, 6.07) is 4.47. The molecule has 4 amide bonds. The number of nitrogens with zero attached hydrogens (tertiary/aromatic N) is 1. The molecule has 0 saturated carbocycles. The molecule has 11 heteroatoms. The van der Waals surface area contributed by atoms with Crippen molar-refractivity contribution in [1.29, 1.82) is 0 Å². The fourth-order valence-corrected chi connectivity index (χ4v) is 3.60. The van der Waals surface area contributed by atoms with Gasteiger partial charge in [0.2, 0.25) is 17.7 Å². The van der Waals surface area contributed by atoms with Crippen molar-refractivity contribution >= 4 is 35.9 Å². The highest BCUT2D eigenvalue weighted by molar-refractivity contribution is 5.92. The van der Waals surface area contributed by atoms with Gasteiger partial charge in [-0.25, -0.2) is 4.79 Å². The summed E-state index contributed by atoms with van der Waals surface area (Å²) in [5.74, 6) is -2.37. The number of ether oxygens (including phenoxy) is 2. The molecule has 1 aromatic rings. The first kappa shape index (κ1) is 32.9. The first-order valence-corrected chi connectivity index (χ1v) is 12.7. The molecule has 11 nitrogen and oxygen atoms in total. The Hall–Kier alpha value is -4.15. The Morgan fingerprint density at radius 2 is 1.82 bits per heavy atom. The smallest absolute Gasteiger partial charge is 0.408 e. The molecule has 0 saturated heterocycles. The second-order valence-corrected chi connectivity index (χ2v) is 9.61. The van der Waals surface area contributed by atoms with E-state index in [1.807, 2.05) is 0 Å². The van der Waals surface area contributed by atoms with Gasteiger partial charge in [0.15, 0.2) is 0 Å². The maximum atomic E-state index is 13.9. The Balaban J connectivity index is 3.43. The van der Waals surface area contributed by atoms with Crippen LogP contribution in [0.1, 0.15) is 64.1 Å². The van der Waals surface area contributed by atoms with Gasteiger partial charge in [0.25, 0.3) is 0 Å². The predicted molar refractivity (Wildman–Crippen MR) is 147 cm³/mol. The molecule has 4 N–H and O–H groups in total. The third-order valence-corrected chi connectivity index (χ3v) is 5.23. The average molecular weight is 545 g/mol. The molecule has 214 valence electrons. The molecule has 39 heavy (non-hydrogen) atoms. The summed E-state index contributed by atoms with van der Waals surface area (Å²) in [7, 11) is 0. The quantitative estimate of drug-likeness (QED) is 0.226. The molecule has 0 bridgehead atoms. The van der Waals surface area contributed by atoms with Gasteiger partial charge in [-0.2, -0.15) is 0 Å². The zero-order chi connectivity index (χ0) is 29.6. The highest BCUT2D eigenvalue weighted by Crippen LogP contribution is 2.25. The number of primary amides is 1. The van der Waals surface area contributed by atoms with Crippen molar-refractivity contribution in [2.45, 2.75) is 64.6 Å². The lowest BCUT2D eigenvalue weighted by Crippen LogP contribution is -2.53. The van der Waals surface area contributed by atoms with Crippen LogP contribution < -0.4 is 16.4 Å². The topological polar surface area (TPSA) is 157 Å². The Morgan fingerprint density at radius 1 is 1.13 bits per heavy atom. The van der Waals surface area contributed by atoms with Crippen LogP contribution in [0.5, 0.6) is 0 Å². The number of carbonyl (C=O) groups is 5. The van der Waals surface area contributed by atoms with Crippen molar-refractivity contribution in [1.82, 2.24) is 15.5 Å². The maximum absolute atomic E-state index is 13.9. The molecular weight excluding hydrogens is 504 g/mol. The normalized spacial score (nSPS) is 12.3. The first-order valence-electron chi connectivity index (χ1n) is 12.7. The van der Waals surface area contributed by atoms with Crippen LogP contribution >= 0.6 is 0 Å². The highest BCUT2D eigenvalue weighted by atomic mass is 16.6. The van der Waals surface area contributed by atoms with Crippen LogP contribution in [0, 0.1) is 0 Å². The van der Waals surface area contributed by atoms with Gasteiger partial charge in [0.1, 0.15) is 17.7 Å². The summed E-state index contributed by atoms with van der Waals surface area (Å²) in [6.07, 6.45) is 1.79. The van der Waals surface area contributed by atoms with Crippen molar-refractivity contribution in [2.75, 3.05) is 19.7 Å². The number of carbonyl (C=O) groups excluding carboxylic acids is 5. The number of hydrogen-bond acceptors (Lipinski definition) is 7. The monoisotopic (exact) mass is 544 g/mol. The van der Waals surface area contributed by atoms with E-state index in [9.17, 15) is 24.0 Å². The van der Waals surface area contributed by atoms with Crippen molar-refractivity contribution in [2.24, 2.45) is 5.73 Å². The van der Waals surface area contributed by atoms with E-state index in [4.69, 9.17) is 15.2 Å². The minimum absolute atomic E-state index is 0.0211. The van der Waals surface area contributed by atoms with Crippen LogP contribution in [-0.4, -0.2) is 66.0 Å². The molecular formula is C28H40N4O7.